The summed E-state index contributed by atoms with van der Waals surface area (Å²) in [6.07, 6.45) is 1.62. The maximum absolute atomic E-state index is 10.2. The minimum absolute atomic E-state index is 0.432. The number of nitrogens with zero attached hydrogens (tertiary/aromatic N) is 3. The van der Waals surface area contributed by atoms with Crippen molar-refractivity contribution in [1.29, 1.82) is 0 Å². The number of aliphatic hydroxyl groups is 1. The summed E-state index contributed by atoms with van der Waals surface area (Å²) < 4.78 is 2.87. The lowest BCUT2D eigenvalue weighted by Crippen LogP contribution is -2.16. The zero-order valence-electron chi connectivity index (χ0n) is 11.4. The van der Waals surface area contributed by atoms with Crippen molar-refractivity contribution in [1.82, 2.24) is 14.8 Å². The monoisotopic (exact) mass is 343 g/mol. The topological polar surface area (TPSA) is 50.9 Å². The maximum atomic E-state index is 10.2. The molecule has 0 aliphatic rings. The van der Waals surface area contributed by atoms with E-state index >= 15 is 0 Å². The molecule has 0 aliphatic carbocycles. The molecule has 2 heterocycles. The summed E-state index contributed by atoms with van der Waals surface area (Å²) >= 11 is 5.19. The van der Waals surface area contributed by atoms with Gasteiger partial charge < -0.3 is 5.11 Å². The highest BCUT2D eigenvalue weighted by Gasteiger charge is 2.17. The molecule has 6 heteroatoms. The molecule has 1 N–H and O–H groups in total. The first kappa shape index (κ1) is 14.7. The van der Waals surface area contributed by atoms with Crippen molar-refractivity contribution in [2.45, 2.75) is 39.2 Å². The van der Waals surface area contributed by atoms with Crippen LogP contribution in [0.15, 0.2) is 9.85 Å². The molecule has 0 aliphatic heterocycles. The van der Waals surface area contributed by atoms with Gasteiger partial charge in [-0.2, -0.15) is 5.10 Å². The minimum Gasteiger partial charge on any atom is -0.392 e. The molecule has 4 nitrogen and oxygen atoms in total. The van der Waals surface area contributed by atoms with Gasteiger partial charge in [-0.1, -0.05) is 6.92 Å². The van der Waals surface area contributed by atoms with Gasteiger partial charge >= 0.3 is 0 Å². The van der Waals surface area contributed by atoms with Crippen LogP contribution >= 0.6 is 27.3 Å². The third-order valence-corrected chi connectivity index (χ3v) is 4.78. The third-order valence-electron chi connectivity index (χ3n) is 3.04. The van der Waals surface area contributed by atoms with Gasteiger partial charge in [0.05, 0.1) is 32.7 Å². The Kier molecular flexibility index (Phi) is 4.76. The molecule has 0 fully saturated rings. The summed E-state index contributed by atoms with van der Waals surface area (Å²) in [6.45, 7) is 4.05. The highest BCUT2D eigenvalue weighted by atomic mass is 79.9. The predicted octanol–water partition coefficient (Wildman–Crippen LogP) is 2.66. The van der Waals surface area contributed by atoms with E-state index in [1.54, 1.807) is 11.3 Å². The second-order valence-corrected chi connectivity index (χ2v) is 6.46. The summed E-state index contributed by atoms with van der Waals surface area (Å²) in [5.41, 5.74) is 3.04. The van der Waals surface area contributed by atoms with Gasteiger partial charge in [0.1, 0.15) is 0 Å². The Morgan fingerprint density at radius 3 is 2.74 bits per heavy atom. The lowest BCUT2D eigenvalue weighted by atomic mass is 10.1. The molecule has 2 aromatic heterocycles. The first-order valence-electron chi connectivity index (χ1n) is 6.30. The van der Waals surface area contributed by atoms with Crippen molar-refractivity contribution in [2.75, 3.05) is 0 Å². The van der Waals surface area contributed by atoms with Crippen molar-refractivity contribution in [3.8, 4) is 0 Å². The molecule has 0 radical (unpaired) electrons. The second kappa shape index (κ2) is 6.15. The quantitative estimate of drug-likeness (QED) is 0.907. The second-order valence-electron chi connectivity index (χ2n) is 4.60. The fourth-order valence-electron chi connectivity index (χ4n) is 2.08. The smallest absolute Gasteiger partial charge is 0.0897 e. The fourth-order valence-corrected chi connectivity index (χ4v) is 3.48. The molecule has 0 amide bonds. The van der Waals surface area contributed by atoms with Gasteiger partial charge in [-0.3, -0.25) is 4.68 Å². The number of hydrogen-bond acceptors (Lipinski definition) is 4. The first-order chi connectivity index (χ1) is 9.01. The van der Waals surface area contributed by atoms with Crippen LogP contribution in [0.1, 0.15) is 29.0 Å². The summed E-state index contributed by atoms with van der Waals surface area (Å²) in [5.74, 6) is 0. The third kappa shape index (κ3) is 3.43. The largest absolute Gasteiger partial charge is 0.392 e. The summed E-state index contributed by atoms with van der Waals surface area (Å²) in [7, 11) is 1.92. The Bertz CT molecular complexity index is 564. The fraction of sp³-hybridized carbons (Fsp3) is 0.538. The first-order valence-corrected chi connectivity index (χ1v) is 7.97. The molecular weight excluding hydrogens is 326 g/mol. The van der Waals surface area contributed by atoms with Crippen LogP contribution in [-0.2, 0) is 26.3 Å². The molecule has 2 rings (SSSR count). The Hall–Kier alpha value is -0.720. The van der Waals surface area contributed by atoms with Gasteiger partial charge in [-0.25, -0.2) is 4.98 Å². The van der Waals surface area contributed by atoms with Gasteiger partial charge in [0, 0.05) is 25.3 Å². The van der Waals surface area contributed by atoms with Crippen LogP contribution in [-0.4, -0.2) is 26.0 Å². The van der Waals surface area contributed by atoms with Crippen molar-refractivity contribution in [3.63, 3.8) is 0 Å². The Morgan fingerprint density at radius 2 is 2.21 bits per heavy atom. The van der Waals surface area contributed by atoms with Crippen LogP contribution in [0.5, 0.6) is 0 Å². The van der Waals surface area contributed by atoms with Crippen LogP contribution in [0.2, 0.25) is 0 Å². The van der Waals surface area contributed by atoms with Crippen molar-refractivity contribution in [2.24, 2.45) is 7.05 Å². The maximum Gasteiger partial charge on any atom is 0.0897 e. The standard InChI is InChI=1S/C13H18BrN3OS/c1-4-11-13(14)12(17(3)16-11)6-10(18)5-9-7-19-8(2)15-9/h7,10,18H,4-6H2,1-3H3. The number of aryl methyl sites for hydroxylation is 3. The van der Waals surface area contributed by atoms with Crippen LogP contribution in [0.25, 0.3) is 0 Å². The Balaban J connectivity index is 2.06. The Labute approximate surface area is 125 Å². The lowest BCUT2D eigenvalue weighted by molar-refractivity contribution is 0.171. The summed E-state index contributed by atoms with van der Waals surface area (Å²) in [5, 5.41) is 17.7. The number of rotatable bonds is 5. The predicted molar refractivity (Wildman–Crippen MR) is 80.6 cm³/mol. The van der Waals surface area contributed by atoms with Crippen LogP contribution < -0.4 is 0 Å². The molecule has 104 valence electrons. The van der Waals surface area contributed by atoms with Crippen molar-refractivity contribution < 1.29 is 5.11 Å². The van der Waals surface area contributed by atoms with Crippen LogP contribution in [0, 0.1) is 6.92 Å². The average Bonchev–Trinajstić information content (AvgIpc) is 2.87. The van der Waals surface area contributed by atoms with Gasteiger partial charge in [-0.15, -0.1) is 11.3 Å². The summed E-state index contributed by atoms with van der Waals surface area (Å²) in [4.78, 5) is 4.38. The van der Waals surface area contributed by atoms with Gasteiger partial charge in [-0.05, 0) is 29.3 Å². The van der Waals surface area contributed by atoms with Gasteiger partial charge in [0.2, 0.25) is 0 Å². The molecule has 0 bridgehead atoms. The number of aliphatic hydroxyl groups excluding tert-OH is 1. The molecule has 1 atom stereocenters. The van der Waals surface area contributed by atoms with E-state index in [1.165, 1.54) is 0 Å². The zero-order chi connectivity index (χ0) is 14.0. The van der Waals surface area contributed by atoms with E-state index < -0.39 is 6.10 Å². The zero-order valence-corrected chi connectivity index (χ0v) is 13.8. The lowest BCUT2D eigenvalue weighted by Gasteiger charge is -2.09. The van der Waals surface area contributed by atoms with E-state index in [9.17, 15) is 5.11 Å². The van der Waals surface area contributed by atoms with Crippen molar-refractivity contribution in [3.05, 3.63) is 31.9 Å². The minimum atomic E-state index is -0.432. The normalized spacial score (nSPS) is 12.9. The van der Waals surface area contributed by atoms with E-state index in [0.29, 0.717) is 12.8 Å². The molecular formula is C13H18BrN3OS. The Morgan fingerprint density at radius 1 is 1.47 bits per heavy atom. The van der Waals surface area contributed by atoms with Crippen LogP contribution in [0.4, 0.5) is 0 Å². The van der Waals surface area contributed by atoms with Crippen LogP contribution in [0.3, 0.4) is 0 Å². The van der Waals surface area contributed by atoms with E-state index in [-0.39, 0.29) is 0 Å². The highest BCUT2D eigenvalue weighted by Crippen LogP contribution is 2.23. The molecule has 1 unspecified atom stereocenters. The average molecular weight is 344 g/mol. The highest BCUT2D eigenvalue weighted by molar-refractivity contribution is 9.10. The number of aromatic nitrogens is 3. The summed E-state index contributed by atoms with van der Waals surface area (Å²) in [6, 6.07) is 0. The van der Waals surface area contributed by atoms with E-state index in [1.807, 2.05) is 24.0 Å². The molecule has 2 aromatic rings. The SMILES string of the molecule is CCc1nn(C)c(CC(O)Cc2csc(C)n2)c1Br. The van der Waals surface area contributed by atoms with Crippen molar-refractivity contribution >= 4 is 27.3 Å². The molecule has 0 spiro atoms. The molecule has 0 saturated heterocycles. The number of halogens is 1. The molecule has 0 saturated carbocycles. The van der Waals surface area contributed by atoms with E-state index in [0.717, 1.165) is 33.0 Å². The van der Waals surface area contributed by atoms with E-state index in [4.69, 9.17) is 0 Å². The molecule has 19 heavy (non-hydrogen) atoms. The van der Waals surface area contributed by atoms with Gasteiger partial charge in [0.25, 0.3) is 0 Å². The molecule has 0 aromatic carbocycles. The van der Waals surface area contributed by atoms with E-state index in [2.05, 4.69) is 32.9 Å². The number of hydrogen-bond donors (Lipinski definition) is 1. The van der Waals surface area contributed by atoms with Gasteiger partial charge in [0.15, 0.2) is 0 Å². The number of thiazole rings is 1.